The Kier molecular flexibility index (Phi) is 3.48. The Morgan fingerprint density at radius 2 is 2.27 bits per heavy atom. The van der Waals surface area contributed by atoms with Gasteiger partial charge in [-0.15, -0.1) is 0 Å². The van der Waals surface area contributed by atoms with Crippen LogP contribution in [0.3, 0.4) is 0 Å². The lowest BCUT2D eigenvalue weighted by Crippen LogP contribution is -2.02. The van der Waals surface area contributed by atoms with Crippen molar-refractivity contribution < 1.29 is 18.8 Å². The maximum atomic E-state index is 12.3. The van der Waals surface area contributed by atoms with Gasteiger partial charge in [-0.05, 0) is 0 Å². The van der Waals surface area contributed by atoms with E-state index in [0.29, 0.717) is 0 Å². The predicted octanol–water partition coefficient (Wildman–Crippen LogP) is 2.07. The fourth-order valence-corrected chi connectivity index (χ4v) is 1.16. The summed E-state index contributed by atoms with van der Waals surface area (Å²) in [7, 11) is 0. The molecule has 5 nitrogen and oxygen atoms in total. The van der Waals surface area contributed by atoms with Crippen LogP contribution in [-0.4, -0.2) is 15.0 Å². The Balaban J connectivity index is 3.39. The highest BCUT2D eigenvalue weighted by Crippen LogP contribution is 2.30. The molecule has 0 saturated carbocycles. The van der Waals surface area contributed by atoms with Crippen LogP contribution in [0.25, 0.3) is 0 Å². The summed E-state index contributed by atoms with van der Waals surface area (Å²) in [5, 5.41) is 18.8. The summed E-state index contributed by atoms with van der Waals surface area (Å²) in [6, 6.07) is 0.789. The zero-order chi connectivity index (χ0) is 11.6. The van der Waals surface area contributed by atoms with Crippen molar-refractivity contribution >= 4 is 17.3 Å². The van der Waals surface area contributed by atoms with E-state index in [0.717, 1.165) is 6.07 Å². The molecule has 0 atom stereocenters. The van der Waals surface area contributed by atoms with Crippen molar-refractivity contribution in [1.82, 2.24) is 4.98 Å². The molecule has 1 heterocycles. The van der Waals surface area contributed by atoms with Crippen LogP contribution in [0.2, 0.25) is 5.15 Å². The van der Waals surface area contributed by atoms with Crippen molar-refractivity contribution in [2.75, 3.05) is 0 Å². The predicted molar refractivity (Wildman–Crippen MR) is 46.8 cm³/mol. The van der Waals surface area contributed by atoms with Crippen molar-refractivity contribution in [3.8, 4) is 0 Å². The quantitative estimate of drug-likeness (QED) is 0.497. The molecule has 0 saturated heterocycles. The molecular formula is C7H5ClF2N2O3. The first-order chi connectivity index (χ1) is 6.97. The summed E-state index contributed by atoms with van der Waals surface area (Å²) in [6.45, 7) is -0.601. The van der Waals surface area contributed by atoms with Crippen molar-refractivity contribution in [1.29, 1.82) is 0 Å². The molecule has 82 valence electrons. The molecule has 8 heteroatoms. The van der Waals surface area contributed by atoms with Crippen LogP contribution >= 0.6 is 11.6 Å². The molecule has 0 radical (unpaired) electrons. The summed E-state index contributed by atoms with van der Waals surface area (Å²) in [5.41, 5.74) is -1.91. The Morgan fingerprint density at radius 1 is 1.67 bits per heavy atom. The number of nitro groups is 1. The van der Waals surface area contributed by atoms with E-state index in [1.165, 1.54) is 0 Å². The number of pyridine rings is 1. The minimum Gasteiger partial charge on any atom is -0.392 e. The highest BCUT2D eigenvalue weighted by Gasteiger charge is 2.25. The number of halogens is 3. The number of rotatable bonds is 3. The van der Waals surface area contributed by atoms with Gasteiger partial charge >= 0.3 is 0 Å². The Labute approximate surface area is 87.5 Å². The second kappa shape index (κ2) is 4.45. The molecule has 0 unspecified atom stereocenters. The van der Waals surface area contributed by atoms with Crippen molar-refractivity contribution in [3.05, 3.63) is 32.6 Å². The van der Waals surface area contributed by atoms with E-state index in [1.54, 1.807) is 0 Å². The van der Waals surface area contributed by atoms with E-state index in [4.69, 9.17) is 16.7 Å². The van der Waals surface area contributed by atoms with Crippen LogP contribution in [0, 0.1) is 10.1 Å². The lowest BCUT2D eigenvalue weighted by molar-refractivity contribution is -0.386. The zero-order valence-electron chi connectivity index (χ0n) is 7.15. The number of aliphatic hydroxyl groups is 1. The molecule has 0 aliphatic heterocycles. The normalized spacial score (nSPS) is 10.7. The number of nitrogens with zero attached hydrogens (tertiary/aromatic N) is 2. The van der Waals surface area contributed by atoms with Crippen molar-refractivity contribution in [3.63, 3.8) is 0 Å². The Bertz CT molecular complexity index is 400. The maximum Gasteiger partial charge on any atom is 0.297 e. The summed E-state index contributed by atoms with van der Waals surface area (Å²) in [5.74, 6) is 0. The van der Waals surface area contributed by atoms with Crippen LogP contribution in [0.1, 0.15) is 17.7 Å². The van der Waals surface area contributed by atoms with Gasteiger partial charge in [0, 0.05) is 11.6 Å². The first-order valence-corrected chi connectivity index (χ1v) is 4.08. The fraction of sp³-hybridized carbons (Fsp3) is 0.286. The lowest BCUT2D eigenvalue weighted by atomic mass is 10.2. The average molecular weight is 239 g/mol. The van der Waals surface area contributed by atoms with Gasteiger partial charge in [0.2, 0.25) is 0 Å². The van der Waals surface area contributed by atoms with Crippen LogP contribution in [0.5, 0.6) is 0 Å². The molecule has 0 bridgehead atoms. The summed E-state index contributed by atoms with van der Waals surface area (Å²) in [6.07, 6.45) is -3.09. The average Bonchev–Trinajstić information content (AvgIpc) is 2.16. The molecule has 1 rings (SSSR count). The summed E-state index contributed by atoms with van der Waals surface area (Å²) in [4.78, 5) is 12.6. The largest absolute Gasteiger partial charge is 0.392 e. The van der Waals surface area contributed by atoms with Gasteiger partial charge in [-0.25, -0.2) is 13.8 Å². The van der Waals surface area contributed by atoms with Gasteiger partial charge in [0.15, 0.2) is 5.69 Å². The van der Waals surface area contributed by atoms with Crippen LogP contribution in [0.15, 0.2) is 6.07 Å². The van der Waals surface area contributed by atoms with Crippen molar-refractivity contribution in [2.24, 2.45) is 0 Å². The molecule has 0 amide bonds. The van der Waals surface area contributed by atoms with Gasteiger partial charge < -0.3 is 5.11 Å². The van der Waals surface area contributed by atoms with E-state index in [9.17, 15) is 18.9 Å². The minimum atomic E-state index is -3.09. The molecule has 0 aliphatic rings. The topological polar surface area (TPSA) is 76.3 Å². The van der Waals surface area contributed by atoms with Gasteiger partial charge in [-0.2, -0.15) is 0 Å². The molecule has 0 fully saturated rings. The van der Waals surface area contributed by atoms with Gasteiger partial charge in [0.1, 0.15) is 5.15 Å². The number of hydrogen-bond donors (Lipinski definition) is 1. The lowest BCUT2D eigenvalue weighted by Gasteiger charge is -2.04. The molecule has 0 spiro atoms. The number of aliphatic hydroxyl groups excluding tert-OH is 1. The molecule has 1 aromatic heterocycles. The Hall–Kier alpha value is -1.34. The molecule has 0 aromatic carbocycles. The molecule has 1 N–H and O–H groups in total. The number of hydrogen-bond acceptors (Lipinski definition) is 4. The van der Waals surface area contributed by atoms with Gasteiger partial charge in [-0.3, -0.25) is 10.1 Å². The van der Waals surface area contributed by atoms with E-state index in [1.807, 2.05) is 0 Å². The van der Waals surface area contributed by atoms with Crippen LogP contribution in [-0.2, 0) is 6.61 Å². The first-order valence-electron chi connectivity index (χ1n) is 3.70. The molecule has 15 heavy (non-hydrogen) atoms. The molecule has 0 aliphatic carbocycles. The van der Waals surface area contributed by atoms with Crippen LogP contribution in [0.4, 0.5) is 14.5 Å². The van der Waals surface area contributed by atoms with Gasteiger partial charge in [0.05, 0.1) is 11.5 Å². The van der Waals surface area contributed by atoms with Crippen molar-refractivity contribution in [2.45, 2.75) is 13.0 Å². The maximum absolute atomic E-state index is 12.3. The van der Waals surface area contributed by atoms with E-state index >= 15 is 0 Å². The van der Waals surface area contributed by atoms with E-state index in [2.05, 4.69) is 4.98 Å². The third kappa shape index (κ3) is 2.37. The third-order valence-electron chi connectivity index (χ3n) is 1.63. The molecule has 1 aromatic rings. The minimum absolute atomic E-state index is 0.0623. The van der Waals surface area contributed by atoms with Crippen LogP contribution < -0.4 is 0 Å². The fourth-order valence-electron chi connectivity index (χ4n) is 0.951. The second-order valence-electron chi connectivity index (χ2n) is 2.56. The first kappa shape index (κ1) is 11.7. The Morgan fingerprint density at radius 3 is 2.67 bits per heavy atom. The van der Waals surface area contributed by atoms with Gasteiger partial charge in [-0.1, -0.05) is 11.6 Å². The van der Waals surface area contributed by atoms with Gasteiger partial charge in [0.25, 0.3) is 12.1 Å². The second-order valence-corrected chi connectivity index (χ2v) is 2.92. The van der Waals surface area contributed by atoms with E-state index in [-0.39, 0.29) is 10.7 Å². The highest BCUT2D eigenvalue weighted by atomic mass is 35.5. The highest BCUT2D eigenvalue weighted by molar-refractivity contribution is 6.30. The molecular weight excluding hydrogens is 234 g/mol. The standard InChI is InChI=1S/C7H5ClF2N2O3/c8-6-3(2-13)1-4(12(14)15)5(11-6)7(9)10/h1,7,13H,2H2. The third-order valence-corrected chi connectivity index (χ3v) is 1.96. The monoisotopic (exact) mass is 238 g/mol. The SMILES string of the molecule is O=[N+]([O-])c1cc(CO)c(Cl)nc1C(F)F. The zero-order valence-corrected chi connectivity index (χ0v) is 7.91. The summed E-state index contributed by atoms with van der Waals surface area (Å²) < 4.78 is 24.6. The number of aromatic nitrogens is 1. The summed E-state index contributed by atoms with van der Waals surface area (Å²) >= 11 is 5.42. The smallest absolute Gasteiger partial charge is 0.297 e. The van der Waals surface area contributed by atoms with E-state index < -0.39 is 29.3 Å². The number of alkyl halides is 2.